The highest BCUT2D eigenvalue weighted by Gasteiger charge is 2.48. The second-order valence-corrected chi connectivity index (χ2v) is 8.87. The highest BCUT2D eigenvalue weighted by atomic mass is 35.5. The number of carbonyl (C=O) groups is 3. The van der Waals surface area contributed by atoms with Crippen LogP contribution in [-0.4, -0.2) is 59.1 Å². The Kier molecular flexibility index (Phi) is 8.72. The minimum absolute atomic E-state index is 0.00371. The molecule has 0 heterocycles. The number of aliphatic hydroxyl groups is 1. The molecule has 1 amide bonds. The predicted octanol–water partition coefficient (Wildman–Crippen LogP) is 2.71. The van der Waals surface area contributed by atoms with Gasteiger partial charge in [0, 0.05) is 6.42 Å². The van der Waals surface area contributed by atoms with Gasteiger partial charge in [-0.3, -0.25) is 4.79 Å². The highest BCUT2D eigenvalue weighted by molar-refractivity contribution is 6.25. The quantitative estimate of drug-likeness (QED) is 0.454. The molecule has 0 aliphatic heterocycles. The molecule has 33 heavy (non-hydrogen) atoms. The van der Waals surface area contributed by atoms with Crippen LogP contribution in [0.1, 0.15) is 22.3 Å². The van der Waals surface area contributed by atoms with Crippen LogP contribution in [0.4, 0.5) is 0 Å². The number of halogens is 2. The van der Waals surface area contributed by atoms with Crippen LogP contribution in [0.5, 0.6) is 0 Å². The van der Waals surface area contributed by atoms with E-state index in [4.69, 9.17) is 32.7 Å². The van der Waals surface area contributed by atoms with Crippen LogP contribution in [0.15, 0.2) is 60.7 Å². The van der Waals surface area contributed by atoms with Gasteiger partial charge in [-0.25, -0.2) is 9.59 Å². The number of aliphatic hydroxyl groups excluding tert-OH is 1. The number of hydrogen-bond donors (Lipinski definition) is 2. The van der Waals surface area contributed by atoms with Crippen molar-refractivity contribution in [1.82, 2.24) is 5.32 Å². The van der Waals surface area contributed by atoms with Gasteiger partial charge in [0.1, 0.15) is 12.1 Å². The summed E-state index contributed by atoms with van der Waals surface area (Å²) in [5.74, 6) is -2.85. The van der Waals surface area contributed by atoms with E-state index in [1.807, 2.05) is 30.3 Å². The van der Waals surface area contributed by atoms with E-state index in [-0.39, 0.29) is 18.4 Å². The lowest BCUT2D eigenvalue weighted by atomic mass is 9.83. The van der Waals surface area contributed by atoms with E-state index in [1.165, 1.54) is 7.11 Å². The largest absolute Gasteiger partial charge is 0.467 e. The molecule has 1 aliphatic carbocycles. The molecule has 0 aromatic heterocycles. The Labute approximate surface area is 202 Å². The molecule has 2 aromatic rings. The zero-order valence-electron chi connectivity index (χ0n) is 17.9. The maximum Gasteiger partial charge on any atom is 0.338 e. The molecule has 3 rings (SSSR count). The van der Waals surface area contributed by atoms with Crippen molar-refractivity contribution in [3.8, 4) is 0 Å². The van der Waals surface area contributed by atoms with E-state index in [0.29, 0.717) is 0 Å². The second-order valence-electron chi connectivity index (χ2n) is 7.80. The Morgan fingerprint density at radius 1 is 1.06 bits per heavy atom. The van der Waals surface area contributed by atoms with Gasteiger partial charge in [0.2, 0.25) is 5.91 Å². The third kappa shape index (κ3) is 6.25. The van der Waals surface area contributed by atoms with E-state index >= 15 is 0 Å². The molecule has 5 unspecified atom stereocenters. The van der Waals surface area contributed by atoms with E-state index in [9.17, 15) is 19.5 Å². The third-order valence-electron chi connectivity index (χ3n) is 5.56. The summed E-state index contributed by atoms with van der Waals surface area (Å²) in [6.45, 7) is 0. The van der Waals surface area contributed by atoms with Crippen LogP contribution < -0.4 is 5.32 Å². The van der Waals surface area contributed by atoms with Gasteiger partial charge < -0.3 is 19.9 Å². The first-order valence-corrected chi connectivity index (χ1v) is 11.3. The number of rotatable bonds is 7. The van der Waals surface area contributed by atoms with Gasteiger partial charge >= 0.3 is 11.9 Å². The van der Waals surface area contributed by atoms with Crippen molar-refractivity contribution in [2.45, 2.75) is 41.8 Å². The van der Waals surface area contributed by atoms with Crippen LogP contribution >= 0.6 is 23.2 Å². The van der Waals surface area contributed by atoms with Crippen molar-refractivity contribution < 1.29 is 29.0 Å². The second kappa shape index (κ2) is 11.5. The number of carbonyl (C=O) groups excluding carboxylic acids is 3. The molecule has 0 saturated heterocycles. The Morgan fingerprint density at radius 2 is 1.67 bits per heavy atom. The Hall–Kier alpha value is -2.61. The van der Waals surface area contributed by atoms with Crippen molar-refractivity contribution in [3.63, 3.8) is 0 Å². The summed E-state index contributed by atoms with van der Waals surface area (Å²) in [7, 11) is 1.23. The predicted molar refractivity (Wildman–Crippen MR) is 123 cm³/mol. The minimum atomic E-state index is -1.19. The van der Waals surface area contributed by atoms with Crippen LogP contribution in [0.3, 0.4) is 0 Å². The van der Waals surface area contributed by atoms with Crippen molar-refractivity contribution >= 4 is 41.0 Å². The summed E-state index contributed by atoms with van der Waals surface area (Å²) >= 11 is 12.6. The van der Waals surface area contributed by atoms with Gasteiger partial charge in [0.25, 0.3) is 0 Å². The fourth-order valence-electron chi connectivity index (χ4n) is 3.77. The van der Waals surface area contributed by atoms with Crippen LogP contribution in [0.25, 0.3) is 0 Å². The zero-order chi connectivity index (χ0) is 24.0. The minimum Gasteiger partial charge on any atom is -0.467 e. The van der Waals surface area contributed by atoms with Crippen molar-refractivity contribution in [2.24, 2.45) is 5.92 Å². The van der Waals surface area contributed by atoms with E-state index in [1.54, 1.807) is 30.3 Å². The molecular formula is C24H25Cl2NO6. The number of nitrogens with one attached hydrogen (secondary N) is 1. The molecule has 176 valence electrons. The molecule has 0 radical (unpaired) electrons. The van der Waals surface area contributed by atoms with Crippen molar-refractivity contribution in [2.75, 3.05) is 7.11 Å². The monoisotopic (exact) mass is 493 g/mol. The van der Waals surface area contributed by atoms with Crippen LogP contribution in [0, 0.1) is 5.92 Å². The first kappa shape index (κ1) is 25.0. The third-order valence-corrected chi connectivity index (χ3v) is 6.50. The summed E-state index contributed by atoms with van der Waals surface area (Å²) in [6, 6.07) is 16.4. The van der Waals surface area contributed by atoms with Crippen molar-refractivity contribution in [3.05, 3.63) is 71.8 Å². The van der Waals surface area contributed by atoms with Gasteiger partial charge in [-0.1, -0.05) is 48.5 Å². The molecule has 1 saturated carbocycles. The summed E-state index contributed by atoms with van der Waals surface area (Å²) in [5, 5.41) is 11.1. The lowest BCUT2D eigenvalue weighted by molar-refractivity contribution is -0.146. The molecule has 1 aliphatic rings. The molecule has 0 bridgehead atoms. The van der Waals surface area contributed by atoms with Gasteiger partial charge in [-0.15, -0.1) is 23.2 Å². The molecule has 0 spiro atoms. The van der Waals surface area contributed by atoms with Crippen LogP contribution in [0.2, 0.25) is 0 Å². The van der Waals surface area contributed by atoms with Crippen molar-refractivity contribution in [1.29, 1.82) is 0 Å². The maximum atomic E-state index is 13.2. The number of amides is 1. The number of hydrogen-bond acceptors (Lipinski definition) is 6. The highest BCUT2D eigenvalue weighted by Crippen LogP contribution is 2.35. The summed E-state index contributed by atoms with van der Waals surface area (Å²) in [4.78, 5) is 38.2. The number of esters is 2. The van der Waals surface area contributed by atoms with Gasteiger partial charge in [-0.2, -0.15) is 0 Å². The Morgan fingerprint density at radius 3 is 2.27 bits per heavy atom. The molecule has 6 atom stereocenters. The first-order valence-electron chi connectivity index (χ1n) is 10.5. The molecule has 1 fully saturated rings. The molecule has 9 heteroatoms. The summed E-state index contributed by atoms with van der Waals surface area (Å²) in [6.07, 6.45) is -2.13. The number of ether oxygens (including phenoxy) is 2. The standard InChI is InChI=1S/C24H25Cl2NO6/c1-32-24(31)18(12-14-8-4-2-5-9-14)27-22(29)16-13-17(25)20(28)19(26)21(16)33-23(30)15-10-6-3-7-11-15/h2-11,16-21,28H,12-13H2,1H3,(H,27,29)/t16?,17?,18-,19?,20?,21?/m1/s1. The lowest BCUT2D eigenvalue weighted by Crippen LogP contribution is -2.57. The lowest BCUT2D eigenvalue weighted by Gasteiger charge is -2.39. The van der Waals surface area contributed by atoms with Crippen LogP contribution in [-0.2, 0) is 25.5 Å². The Balaban J connectivity index is 1.80. The fourth-order valence-corrected chi connectivity index (χ4v) is 4.59. The van der Waals surface area contributed by atoms with E-state index in [2.05, 4.69) is 5.32 Å². The normalized spacial score (nSPS) is 25.5. The van der Waals surface area contributed by atoms with E-state index in [0.717, 1.165) is 5.56 Å². The first-order chi connectivity index (χ1) is 15.8. The number of alkyl halides is 2. The zero-order valence-corrected chi connectivity index (χ0v) is 19.4. The number of benzene rings is 2. The summed E-state index contributed by atoms with van der Waals surface area (Å²) in [5.41, 5.74) is 1.10. The smallest absolute Gasteiger partial charge is 0.338 e. The van der Waals surface area contributed by atoms with E-state index < -0.39 is 52.8 Å². The average Bonchev–Trinajstić information content (AvgIpc) is 2.84. The Bertz CT molecular complexity index is 958. The molecule has 2 N–H and O–H groups in total. The van der Waals surface area contributed by atoms with Gasteiger partial charge in [-0.05, 0) is 24.1 Å². The topological polar surface area (TPSA) is 102 Å². The number of methoxy groups -OCH3 is 1. The molecular weight excluding hydrogens is 469 g/mol. The van der Waals surface area contributed by atoms with Gasteiger partial charge in [0.05, 0.1) is 35.4 Å². The SMILES string of the molecule is COC(=O)[C@@H](Cc1ccccc1)NC(=O)C1CC(Cl)C(O)C(Cl)C1OC(=O)c1ccccc1. The summed E-state index contributed by atoms with van der Waals surface area (Å²) < 4.78 is 10.4. The molecule has 2 aromatic carbocycles. The maximum absolute atomic E-state index is 13.2. The molecule has 7 nitrogen and oxygen atoms in total. The fraction of sp³-hybridized carbons (Fsp3) is 0.375. The average molecular weight is 494 g/mol. The van der Waals surface area contributed by atoms with Gasteiger partial charge in [0.15, 0.2) is 0 Å².